The maximum Gasteiger partial charge on any atom is 0.264 e. The molecule has 9 heteroatoms. The molecule has 0 saturated carbocycles. The fraction of sp³-hybridized carbons (Fsp3) is 0. The Hall–Kier alpha value is -0.340. The van der Waals surface area contributed by atoms with Crippen LogP contribution < -0.4 is 4.72 Å². The van der Waals surface area contributed by atoms with Crippen LogP contribution >= 0.6 is 50.5 Å². The molecule has 18 heavy (non-hydrogen) atoms. The van der Waals surface area contributed by atoms with Gasteiger partial charge >= 0.3 is 0 Å². The molecular weight excluding hydrogens is 383 g/mol. The minimum atomic E-state index is -3.77. The van der Waals surface area contributed by atoms with Gasteiger partial charge in [0.15, 0.2) is 0 Å². The zero-order valence-corrected chi connectivity index (χ0v) is 13.3. The van der Waals surface area contributed by atoms with Gasteiger partial charge in [0.25, 0.3) is 10.0 Å². The summed E-state index contributed by atoms with van der Waals surface area (Å²) in [6.45, 7) is 0. The Morgan fingerprint density at radius 1 is 1.39 bits per heavy atom. The van der Waals surface area contributed by atoms with Gasteiger partial charge in [-0.3, -0.25) is 4.72 Å². The summed E-state index contributed by atoms with van der Waals surface area (Å²) in [6.07, 6.45) is 1.54. The topological polar surface area (TPSA) is 59.1 Å². The number of anilines is 1. The summed E-state index contributed by atoms with van der Waals surface area (Å²) in [5.74, 6) is 0. The Labute approximate surface area is 126 Å². The SMILES string of the molecule is O=S(=O)(Nc1cccnc1Br)c1cc(Cl)sc1Cl. The number of sulfonamides is 1. The number of nitrogens with zero attached hydrogens (tertiary/aromatic N) is 1. The van der Waals surface area contributed by atoms with Gasteiger partial charge in [0, 0.05) is 6.20 Å². The number of pyridine rings is 1. The van der Waals surface area contributed by atoms with Gasteiger partial charge in [-0.15, -0.1) is 11.3 Å². The van der Waals surface area contributed by atoms with E-state index in [-0.39, 0.29) is 9.23 Å². The lowest BCUT2D eigenvalue weighted by molar-refractivity contribution is 0.601. The van der Waals surface area contributed by atoms with Gasteiger partial charge in [-0.05, 0) is 34.1 Å². The van der Waals surface area contributed by atoms with E-state index in [4.69, 9.17) is 23.2 Å². The molecule has 0 aliphatic heterocycles. The molecular formula is C9H5BrCl2N2O2S2. The van der Waals surface area contributed by atoms with Crippen LogP contribution in [0.3, 0.4) is 0 Å². The summed E-state index contributed by atoms with van der Waals surface area (Å²) in [4.78, 5) is 3.87. The summed E-state index contributed by atoms with van der Waals surface area (Å²) in [6, 6.07) is 4.50. The van der Waals surface area contributed by atoms with Crippen molar-refractivity contribution in [3.05, 3.63) is 37.7 Å². The highest BCUT2D eigenvalue weighted by molar-refractivity contribution is 9.10. The van der Waals surface area contributed by atoms with Crippen molar-refractivity contribution in [2.45, 2.75) is 4.90 Å². The average molecular weight is 388 g/mol. The largest absolute Gasteiger partial charge is 0.277 e. The second-order valence-electron chi connectivity index (χ2n) is 3.14. The lowest BCUT2D eigenvalue weighted by atomic mass is 10.4. The molecule has 0 aliphatic rings. The zero-order valence-electron chi connectivity index (χ0n) is 8.52. The number of aromatic nitrogens is 1. The molecule has 2 aromatic rings. The van der Waals surface area contributed by atoms with E-state index in [1.165, 1.54) is 12.3 Å². The number of nitrogens with one attached hydrogen (secondary N) is 1. The number of halogens is 3. The standard InChI is InChI=1S/C9H5BrCl2N2O2S2/c10-8-5(2-1-3-13-8)14-18(15,16)6-4-7(11)17-9(6)12/h1-4,14H. The smallest absolute Gasteiger partial charge is 0.264 e. The van der Waals surface area contributed by atoms with Crippen LogP contribution in [0.1, 0.15) is 0 Å². The van der Waals surface area contributed by atoms with E-state index in [9.17, 15) is 8.42 Å². The maximum absolute atomic E-state index is 12.1. The van der Waals surface area contributed by atoms with E-state index in [0.29, 0.717) is 14.6 Å². The van der Waals surface area contributed by atoms with E-state index in [2.05, 4.69) is 25.6 Å². The van der Waals surface area contributed by atoms with Crippen molar-refractivity contribution < 1.29 is 8.42 Å². The molecule has 2 aromatic heterocycles. The molecule has 0 aromatic carbocycles. The van der Waals surface area contributed by atoms with Crippen LogP contribution in [0, 0.1) is 0 Å². The quantitative estimate of drug-likeness (QED) is 0.809. The Morgan fingerprint density at radius 3 is 2.67 bits per heavy atom. The number of hydrogen-bond acceptors (Lipinski definition) is 4. The Bertz CT molecular complexity index is 688. The van der Waals surface area contributed by atoms with Crippen molar-refractivity contribution in [1.82, 2.24) is 4.98 Å². The van der Waals surface area contributed by atoms with E-state index in [1.54, 1.807) is 12.1 Å². The predicted molar refractivity (Wildman–Crippen MR) is 77.1 cm³/mol. The molecule has 1 N–H and O–H groups in total. The van der Waals surface area contributed by atoms with Crippen LogP contribution in [0.25, 0.3) is 0 Å². The van der Waals surface area contributed by atoms with E-state index >= 15 is 0 Å². The van der Waals surface area contributed by atoms with Gasteiger partial charge in [0.2, 0.25) is 0 Å². The first kappa shape index (κ1) is 14.1. The molecule has 0 atom stereocenters. The van der Waals surface area contributed by atoms with Crippen LogP contribution in [0.15, 0.2) is 33.9 Å². The van der Waals surface area contributed by atoms with E-state index < -0.39 is 10.0 Å². The zero-order chi connectivity index (χ0) is 13.3. The Morgan fingerprint density at radius 2 is 2.11 bits per heavy atom. The van der Waals surface area contributed by atoms with Crippen molar-refractivity contribution in [1.29, 1.82) is 0 Å². The fourth-order valence-electron chi connectivity index (χ4n) is 1.17. The molecule has 2 heterocycles. The molecule has 0 spiro atoms. The highest BCUT2D eigenvalue weighted by atomic mass is 79.9. The molecule has 96 valence electrons. The van der Waals surface area contributed by atoms with E-state index in [0.717, 1.165) is 11.3 Å². The predicted octanol–water partition coefficient (Wildman–Crippen LogP) is 4.01. The van der Waals surface area contributed by atoms with Gasteiger partial charge in [-0.1, -0.05) is 23.2 Å². The Balaban J connectivity index is 2.40. The van der Waals surface area contributed by atoms with Gasteiger partial charge in [0.05, 0.1) is 10.0 Å². The number of hydrogen-bond donors (Lipinski definition) is 1. The first-order valence-corrected chi connectivity index (χ1v) is 8.33. The minimum Gasteiger partial charge on any atom is -0.277 e. The summed E-state index contributed by atoms with van der Waals surface area (Å²) < 4.78 is 27.4. The molecule has 4 nitrogen and oxygen atoms in total. The van der Waals surface area contributed by atoms with Crippen molar-refractivity contribution in [2.75, 3.05) is 4.72 Å². The highest BCUT2D eigenvalue weighted by Crippen LogP contribution is 2.35. The second-order valence-corrected chi connectivity index (χ2v) is 7.82. The molecule has 0 fully saturated rings. The minimum absolute atomic E-state index is 0.0464. The van der Waals surface area contributed by atoms with Crippen LogP contribution in [0.4, 0.5) is 5.69 Å². The van der Waals surface area contributed by atoms with Crippen LogP contribution in [-0.2, 0) is 10.0 Å². The third kappa shape index (κ3) is 2.97. The lowest BCUT2D eigenvalue weighted by Gasteiger charge is -2.07. The summed E-state index contributed by atoms with van der Waals surface area (Å²) in [5, 5.41) is 0. The van der Waals surface area contributed by atoms with Crippen molar-refractivity contribution in [3.63, 3.8) is 0 Å². The molecule has 0 bridgehead atoms. The Kier molecular flexibility index (Phi) is 4.18. The molecule has 0 saturated heterocycles. The van der Waals surface area contributed by atoms with E-state index in [1.807, 2.05) is 0 Å². The molecule has 0 amide bonds. The molecule has 0 radical (unpaired) electrons. The highest BCUT2D eigenvalue weighted by Gasteiger charge is 2.21. The van der Waals surface area contributed by atoms with Gasteiger partial charge in [0.1, 0.15) is 13.8 Å². The van der Waals surface area contributed by atoms with Crippen molar-refractivity contribution in [2.24, 2.45) is 0 Å². The van der Waals surface area contributed by atoms with Gasteiger partial charge in [-0.2, -0.15) is 0 Å². The molecule has 2 rings (SSSR count). The maximum atomic E-state index is 12.1. The number of thiophene rings is 1. The van der Waals surface area contributed by atoms with Gasteiger partial charge in [-0.25, -0.2) is 13.4 Å². The third-order valence-corrected chi connectivity index (χ3v) is 5.67. The monoisotopic (exact) mass is 386 g/mol. The molecule has 0 unspecified atom stereocenters. The number of rotatable bonds is 3. The third-order valence-electron chi connectivity index (χ3n) is 1.92. The normalized spacial score (nSPS) is 11.5. The summed E-state index contributed by atoms with van der Waals surface area (Å²) >= 11 is 15.7. The average Bonchev–Trinajstić information content (AvgIpc) is 2.62. The van der Waals surface area contributed by atoms with Crippen LogP contribution in [-0.4, -0.2) is 13.4 Å². The van der Waals surface area contributed by atoms with Crippen LogP contribution in [0.2, 0.25) is 8.67 Å². The van der Waals surface area contributed by atoms with Crippen molar-refractivity contribution >= 4 is 66.2 Å². The lowest BCUT2D eigenvalue weighted by Crippen LogP contribution is -2.13. The van der Waals surface area contributed by atoms with Crippen molar-refractivity contribution in [3.8, 4) is 0 Å². The molecule has 0 aliphatic carbocycles. The first-order valence-electron chi connectivity index (χ1n) is 4.48. The van der Waals surface area contributed by atoms with Crippen LogP contribution in [0.5, 0.6) is 0 Å². The second kappa shape index (κ2) is 5.34. The summed E-state index contributed by atoms with van der Waals surface area (Å²) in [5.41, 5.74) is 0.330. The van der Waals surface area contributed by atoms with Gasteiger partial charge < -0.3 is 0 Å². The first-order chi connectivity index (χ1) is 8.40. The fourth-order valence-corrected chi connectivity index (χ4v) is 4.87. The summed E-state index contributed by atoms with van der Waals surface area (Å²) in [7, 11) is -3.77.